The molecule has 3 nitrogen and oxygen atoms in total. The second-order valence-electron chi connectivity index (χ2n) is 4.25. The van der Waals surface area contributed by atoms with Crippen LogP contribution in [0.15, 0.2) is 0 Å². The van der Waals surface area contributed by atoms with Crippen LogP contribution < -0.4 is 5.32 Å². The third-order valence-corrected chi connectivity index (χ3v) is 3.31. The van der Waals surface area contributed by atoms with Crippen LogP contribution in [-0.2, 0) is 9.47 Å². The molecule has 0 rings (SSSR count). The average molecular weight is 205 g/mol. The summed E-state index contributed by atoms with van der Waals surface area (Å²) >= 11 is 0. The summed E-state index contributed by atoms with van der Waals surface area (Å²) in [4.78, 5) is 0. The lowest BCUT2D eigenvalue weighted by molar-refractivity contribution is 0.0691. The van der Waals surface area contributed by atoms with E-state index in [-0.39, 0.29) is 0 Å². The van der Waals surface area contributed by atoms with E-state index < -0.39 is 8.07 Å². The molecule has 0 aliphatic carbocycles. The van der Waals surface area contributed by atoms with E-state index in [1.807, 2.05) is 6.92 Å². The zero-order chi connectivity index (χ0) is 10.2. The minimum absolute atomic E-state index is 0.587. The van der Waals surface area contributed by atoms with Crippen molar-refractivity contribution in [1.82, 2.24) is 5.32 Å². The summed E-state index contributed by atoms with van der Waals surface area (Å²) in [5, 5.41) is 3.04. The molecule has 0 unspecified atom stereocenters. The Balaban J connectivity index is 3.00. The summed E-state index contributed by atoms with van der Waals surface area (Å²) in [6.07, 6.45) is 0. The molecule has 0 spiro atoms. The van der Waals surface area contributed by atoms with E-state index in [0.29, 0.717) is 13.5 Å². The van der Waals surface area contributed by atoms with Crippen LogP contribution in [0.3, 0.4) is 0 Å². The molecule has 0 saturated carbocycles. The second-order valence-corrected chi connectivity index (χ2v) is 9.87. The van der Waals surface area contributed by atoms with Gasteiger partial charge in [0.2, 0.25) is 0 Å². The van der Waals surface area contributed by atoms with Crippen LogP contribution in [0.5, 0.6) is 0 Å². The molecule has 0 amide bonds. The van der Waals surface area contributed by atoms with Gasteiger partial charge in [-0.15, -0.1) is 0 Å². The van der Waals surface area contributed by atoms with Gasteiger partial charge in [0, 0.05) is 21.3 Å². The third-order valence-electron chi connectivity index (χ3n) is 1.61. The van der Waals surface area contributed by atoms with Crippen molar-refractivity contribution >= 4 is 8.07 Å². The largest absolute Gasteiger partial charge is 0.367 e. The molecule has 0 aromatic carbocycles. The van der Waals surface area contributed by atoms with E-state index in [0.717, 1.165) is 13.2 Å². The number of ether oxygens (including phenoxy) is 2. The summed E-state index contributed by atoms with van der Waals surface area (Å²) < 4.78 is 10.5. The van der Waals surface area contributed by atoms with Gasteiger partial charge < -0.3 is 9.47 Å². The molecule has 0 bridgehead atoms. The highest BCUT2D eigenvalue weighted by Crippen LogP contribution is 2.06. The molecule has 0 atom stereocenters. The van der Waals surface area contributed by atoms with Gasteiger partial charge in [-0.05, 0) is 13.0 Å². The number of rotatable bonds is 8. The van der Waals surface area contributed by atoms with Crippen molar-refractivity contribution in [3.63, 3.8) is 0 Å². The van der Waals surface area contributed by atoms with E-state index in [2.05, 4.69) is 25.0 Å². The van der Waals surface area contributed by atoms with Crippen LogP contribution in [0.1, 0.15) is 6.92 Å². The Labute approximate surface area is 82.8 Å². The highest BCUT2D eigenvalue weighted by molar-refractivity contribution is 6.76. The van der Waals surface area contributed by atoms with Gasteiger partial charge in [0.05, 0.1) is 13.5 Å². The Morgan fingerprint density at radius 2 is 1.69 bits per heavy atom. The highest BCUT2D eigenvalue weighted by atomic mass is 28.3. The Morgan fingerprint density at radius 1 is 1.08 bits per heavy atom. The SMILES string of the molecule is CCOCNCOCC[Si](C)(C)C. The van der Waals surface area contributed by atoms with Gasteiger partial charge in [-0.2, -0.15) is 0 Å². The molecule has 80 valence electrons. The molecule has 13 heavy (non-hydrogen) atoms. The predicted octanol–water partition coefficient (Wildman–Crippen LogP) is 1.88. The van der Waals surface area contributed by atoms with Crippen molar-refractivity contribution in [3.05, 3.63) is 0 Å². The first-order valence-electron chi connectivity index (χ1n) is 4.92. The Hall–Kier alpha value is 0.0969. The monoisotopic (exact) mass is 205 g/mol. The molecular formula is C9H23NO2Si. The molecule has 0 fully saturated rings. The van der Waals surface area contributed by atoms with Crippen LogP contribution >= 0.6 is 0 Å². The molecule has 0 aromatic rings. The summed E-state index contributed by atoms with van der Waals surface area (Å²) in [6, 6.07) is 1.23. The fraction of sp³-hybridized carbons (Fsp3) is 1.00. The molecule has 1 N–H and O–H groups in total. The summed E-state index contributed by atoms with van der Waals surface area (Å²) in [5.74, 6) is 0. The van der Waals surface area contributed by atoms with E-state index >= 15 is 0 Å². The molecule has 0 radical (unpaired) electrons. The predicted molar refractivity (Wildman–Crippen MR) is 58.6 cm³/mol. The van der Waals surface area contributed by atoms with Crippen molar-refractivity contribution in [1.29, 1.82) is 0 Å². The summed E-state index contributed by atoms with van der Waals surface area (Å²) in [6.45, 7) is 11.8. The van der Waals surface area contributed by atoms with Crippen molar-refractivity contribution < 1.29 is 9.47 Å². The Kier molecular flexibility index (Phi) is 7.55. The van der Waals surface area contributed by atoms with Gasteiger partial charge in [0.25, 0.3) is 0 Å². The van der Waals surface area contributed by atoms with Crippen LogP contribution in [-0.4, -0.2) is 34.7 Å². The van der Waals surface area contributed by atoms with Crippen molar-refractivity contribution in [3.8, 4) is 0 Å². The highest BCUT2D eigenvalue weighted by Gasteiger charge is 2.11. The summed E-state index contributed by atoms with van der Waals surface area (Å²) in [5.41, 5.74) is 0. The van der Waals surface area contributed by atoms with Crippen LogP contribution in [0, 0.1) is 0 Å². The molecule has 0 aliphatic heterocycles. The lowest BCUT2D eigenvalue weighted by atomic mass is 10.8. The smallest absolute Gasteiger partial charge is 0.0982 e. The Morgan fingerprint density at radius 3 is 2.23 bits per heavy atom. The molecule has 4 heteroatoms. The summed E-state index contributed by atoms with van der Waals surface area (Å²) in [7, 11) is -0.917. The first-order valence-corrected chi connectivity index (χ1v) is 8.63. The maximum Gasteiger partial charge on any atom is 0.0982 e. The Bertz CT molecular complexity index is 115. The van der Waals surface area contributed by atoms with Crippen LogP contribution in [0.2, 0.25) is 25.7 Å². The average Bonchev–Trinajstić information content (AvgIpc) is 2.01. The third kappa shape index (κ3) is 12.1. The van der Waals surface area contributed by atoms with Crippen molar-refractivity contribution in [2.24, 2.45) is 0 Å². The minimum atomic E-state index is -0.917. The standard InChI is InChI=1S/C9H23NO2Si/c1-5-11-8-10-9-12-6-7-13(2,3)4/h10H,5-9H2,1-4H3. The normalized spacial score (nSPS) is 12.0. The topological polar surface area (TPSA) is 30.5 Å². The zero-order valence-electron chi connectivity index (χ0n) is 9.35. The van der Waals surface area contributed by atoms with Crippen molar-refractivity contribution in [2.75, 3.05) is 26.7 Å². The van der Waals surface area contributed by atoms with Crippen molar-refractivity contribution in [2.45, 2.75) is 32.6 Å². The first-order chi connectivity index (χ1) is 6.06. The molecule has 0 aliphatic rings. The second kappa shape index (κ2) is 7.50. The maximum absolute atomic E-state index is 5.40. The molecule has 0 heterocycles. The van der Waals surface area contributed by atoms with Gasteiger partial charge in [0.1, 0.15) is 0 Å². The zero-order valence-corrected chi connectivity index (χ0v) is 10.4. The van der Waals surface area contributed by atoms with E-state index in [4.69, 9.17) is 9.47 Å². The van der Waals surface area contributed by atoms with Gasteiger partial charge in [0.15, 0.2) is 0 Å². The van der Waals surface area contributed by atoms with Gasteiger partial charge in [-0.25, -0.2) is 0 Å². The van der Waals surface area contributed by atoms with E-state index in [1.54, 1.807) is 0 Å². The molecule has 0 saturated heterocycles. The van der Waals surface area contributed by atoms with Gasteiger partial charge in [-0.1, -0.05) is 19.6 Å². The number of nitrogens with one attached hydrogen (secondary N) is 1. The first kappa shape index (κ1) is 13.1. The minimum Gasteiger partial charge on any atom is -0.367 e. The number of hydrogen-bond donors (Lipinski definition) is 1. The maximum atomic E-state index is 5.40. The lowest BCUT2D eigenvalue weighted by Crippen LogP contribution is -2.25. The van der Waals surface area contributed by atoms with Gasteiger partial charge >= 0.3 is 0 Å². The van der Waals surface area contributed by atoms with Crippen LogP contribution in [0.4, 0.5) is 0 Å². The van der Waals surface area contributed by atoms with Gasteiger partial charge in [-0.3, -0.25) is 5.32 Å². The fourth-order valence-corrected chi connectivity index (χ4v) is 1.50. The fourth-order valence-electron chi connectivity index (χ4n) is 0.739. The quantitative estimate of drug-likeness (QED) is 0.373. The lowest BCUT2D eigenvalue weighted by Gasteiger charge is -2.15. The molecule has 0 aromatic heterocycles. The van der Waals surface area contributed by atoms with Crippen LogP contribution in [0.25, 0.3) is 0 Å². The number of hydrogen-bond acceptors (Lipinski definition) is 3. The van der Waals surface area contributed by atoms with E-state index in [9.17, 15) is 0 Å². The van der Waals surface area contributed by atoms with E-state index in [1.165, 1.54) is 6.04 Å². The molecular weight excluding hydrogens is 182 g/mol.